The third kappa shape index (κ3) is 34.1. The fourth-order valence-corrected chi connectivity index (χ4v) is 11.8. The fourth-order valence-electron chi connectivity index (χ4n) is 11.8. The summed E-state index contributed by atoms with van der Waals surface area (Å²) in [5.41, 5.74) is 17.9. The molecule has 0 bridgehead atoms. The molecule has 0 spiro atoms. The van der Waals surface area contributed by atoms with Crippen molar-refractivity contribution in [2.75, 3.05) is 33.8 Å². The molecule has 1 aliphatic heterocycles. The molecule has 3 rings (SSSR count). The summed E-state index contributed by atoms with van der Waals surface area (Å²) < 4.78 is 10.8. The third-order valence-corrected chi connectivity index (χ3v) is 18.4. The monoisotopic (exact) mass is 1630 g/mol. The first-order valence-electron chi connectivity index (χ1n) is 37.4. The molecule has 638 valence electrons. The first kappa shape index (κ1) is 97.3. The molecule has 23 N–H and O–H groups in total. The number of H-pyrrole nitrogens is 1. The maximum atomic E-state index is 15.0. The highest BCUT2D eigenvalue weighted by Gasteiger charge is 2.42. The van der Waals surface area contributed by atoms with Crippen LogP contribution in [-0.4, -0.2) is 261 Å². The number of aromatic nitrogens is 1. The highest BCUT2D eigenvalue weighted by atomic mass is 16.5. The van der Waals surface area contributed by atoms with Gasteiger partial charge in [0, 0.05) is 56.9 Å². The summed E-state index contributed by atoms with van der Waals surface area (Å²) >= 11 is 0. The van der Waals surface area contributed by atoms with Crippen molar-refractivity contribution < 1.29 is 126 Å². The summed E-state index contributed by atoms with van der Waals surface area (Å²) in [4.78, 5) is 277. The van der Waals surface area contributed by atoms with E-state index in [1.165, 1.54) is 13.8 Å². The maximum absolute atomic E-state index is 15.0. The molecule has 1 fully saturated rings. The van der Waals surface area contributed by atoms with Gasteiger partial charge in [0.1, 0.15) is 72.6 Å². The number of carbonyl (C=O) groups excluding carboxylic acids is 16. The molecular weight excluding hydrogens is 1520 g/mol. The standard InChI is InChI=1S/C72H109N17O26/c1-9-36(4)57-72(113)115-38(6)58(87-68(108)47(30-50(75)91)85-62(102)43(23-25-54(95)96)82-65(105)45(28-39-32-76-41-20-15-14-19-40(39)41)79-51(92)22-13-11-10-12-18-35(2)3)70(110)89(7)34-53(94)78-37(5)61(101)84-48(31-56(99)100)67(107)81-42(21-16-17-27-73)63(103)88-59(60(114-8)71(111)112)69(109)77-33-52(93)80-46(29-49(74)90)66(106)83-44(64(104)86-57)24-26-55(97)98/h14-15,19-20,32,35-38,42-48,57-60,76H,9-13,16-18,21-31,33-34,73H2,1-8H3,(H2,74,90)(H2,75,91)(H,77,109)(H,78,94)(H,79,92)(H,80,93)(H,81,107)(H,82,105)(H,83,106)(H,84,101)(H,85,102)(H,86,104)(H,87,108)(H,88,103)(H,95,96)(H,97,98)(H,99,100)(H,111,112). The van der Waals surface area contributed by atoms with Gasteiger partial charge >= 0.3 is 29.8 Å². The number of esters is 1. The Morgan fingerprint density at radius 3 is 1.77 bits per heavy atom. The topological polar surface area (TPSA) is 682 Å². The SMILES string of the molecule is CCC(C)C1NC(=O)C(CCC(=O)O)NC(=O)C(CC(N)=O)NC(=O)CNC(=O)C(C(OC)C(=O)O)NC(=O)C(CCCCN)NC(=O)C(CC(=O)O)NC(=O)C(C)NC(=O)CN(C)C(=O)C(NC(=O)C(CC(N)=O)NC(=O)C(CCC(=O)O)NC(=O)C(Cc2c[nH]c3ccccc23)NC(=O)CCCCCCC(C)C)C(C)OC1=O. The van der Waals surface area contributed by atoms with E-state index in [-0.39, 0.29) is 45.1 Å². The molecule has 2 heterocycles. The molecule has 0 radical (unpaired) electrons. The Kier molecular flexibility index (Phi) is 41.3. The molecule has 115 heavy (non-hydrogen) atoms. The molecule has 14 atom stereocenters. The van der Waals surface area contributed by atoms with Crippen molar-refractivity contribution >= 4 is 129 Å². The van der Waals surface area contributed by atoms with Crippen LogP contribution in [0.15, 0.2) is 30.5 Å². The van der Waals surface area contributed by atoms with E-state index in [4.69, 9.17) is 26.7 Å². The van der Waals surface area contributed by atoms with Gasteiger partial charge in [0.2, 0.25) is 88.6 Å². The Balaban J connectivity index is 2.26. The number of aromatic amines is 1. The second-order valence-electron chi connectivity index (χ2n) is 28.2. The number of unbranched alkanes of at least 4 members (excludes halogenated alkanes) is 4. The number of para-hydroxylation sites is 1. The summed E-state index contributed by atoms with van der Waals surface area (Å²) in [6, 6.07) is -14.7. The number of methoxy groups -OCH3 is 1. The predicted molar refractivity (Wildman–Crippen MR) is 402 cm³/mol. The van der Waals surface area contributed by atoms with E-state index in [0.29, 0.717) is 40.1 Å². The van der Waals surface area contributed by atoms with Gasteiger partial charge in [-0.3, -0.25) is 86.3 Å². The summed E-state index contributed by atoms with van der Waals surface area (Å²) in [6.07, 6.45) is -5.70. The van der Waals surface area contributed by atoms with Crippen molar-refractivity contribution in [3.05, 3.63) is 36.0 Å². The highest BCUT2D eigenvalue weighted by Crippen LogP contribution is 2.21. The van der Waals surface area contributed by atoms with Crippen LogP contribution in [0.1, 0.15) is 156 Å². The number of carboxylic acids is 4. The normalized spacial score (nSPS) is 21.7. The van der Waals surface area contributed by atoms with Crippen LogP contribution in [0.3, 0.4) is 0 Å². The quantitative estimate of drug-likeness (QED) is 0.0222. The van der Waals surface area contributed by atoms with E-state index in [2.05, 4.69) is 77.3 Å². The summed E-state index contributed by atoms with van der Waals surface area (Å²) in [6.45, 7) is 6.83. The Morgan fingerprint density at radius 1 is 0.600 bits per heavy atom. The van der Waals surface area contributed by atoms with Gasteiger partial charge < -0.3 is 121 Å². The van der Waals surface area contributed by atoms with Gasteiger partial charge in [0.15, 0.2) is 6.10 Å². The van der Waals surface area contributed by atoms with Crippen molar-refractivity contribution in [3.8, 4) is 0 Å². The number of benzene rings is 1. The molecule has 14 unspecified atom stereocenters. The number of cyclic esters (lactones) is 1. The number of hydrogen-bond acceptors (Lipinski definition) is 23. The number of hydrogen-bond donors (Lipinski definition) is 20. The van der Waals surface area contributed by atoms with E-state index < -0.39 is 261 Å². The first-order valence-corrected chi connectivity index (χ1v) is 37.4. The Labute approximate surface area is 661 Å². The van der Waals surface area contributed by atoms with Gasteiger partial charge in [-0.05, 0) is 82.4 Å². The number of rotatable bonds is 37. The van der Waals surface area contributed by atoms with E-state index in [1.807, 2.05) is 5.32 Å². The molecule has 1 saturated heterocycles. The van der Waals surface area contributed by atoms with Gasteiger partial charge in [-0.15, -0.1) is 0 Å². The molecule has 15 amide bonds. The van der Waals surface area contributed by atoms with Gasteiger partial charge in [-0.1, -0.05) is 78.0 Å². The molecule has 1 aliphatic rings. The maximum Gasteiger partial charge on any atom is 0.335 e. The Bertz CT molecular complexity index is 3820. The van der Waals surface area contributed by atoms with Crippen LogP contribution in [0.4, 0.5) is 0 Å². The number of nitrogens with zero attached hydrogens (tertiary/aromatic N) is 1. The highest BCUT2D eigenvalue weighted by molar-refractivity contribution is 6.02. The Hall–Kier alpha value is -11.9. The second-order valence-corrected chi connectivity index (χ2v) is 28.2. The lowest BCUT2D eigenvalue weighted by Crippen LogP contribution is -2.62. The van der Waals surface area contributed by atoms with Gasteiger partial charge in [0.05, 0.1) is 32.4 Å². The van der Waals surface area contributed by atoms with Crippen molar-refractivity contribution in [1.29, 1.82) is 0 Å². The minimum Gasteiger partial charge on any atom is -0.481 e. The largest absolute Gasteiger partial charge is 0.481 e. The first-order chi connectivity index (χ1) is 54.1. The van der Waals surface area contributed by atoms with Crippen LogP contribution < -0.4 is 81.0 Å². The lowest BCUT2D eigenvalue weighted by Gasteiger charge is -2.32. The smallest absolute Gasteiger partial charge is 0.335 e. The van der Waals surface area contributed by atoms with Crippen LogP contribution >= 0.6 is 0 Å². The number of ether oxygens (including phenoxy) is 2. The van der Waals surface area contributed by atoms with Gasteiger partial charge in [-0.25, -0.2) is 9.59 Å². The molecule has 1 aromatic carbocycles. The third-order valence-electron chi connectivity index (χ3n) is 18.4. The molecule has 43 heteroatoms. The van der Waals surface area contributed by atoms with Crippen LogP contribution in [0.25, 0.3) is 10.9 Å². The van der Waals surface area contributed by atoms with Gasteiger partial charge in [0.25, 0.3) is 0 Å². The average molecular weight is 1630 g/mol. The molecule has 0 saturated carbocycles. The second kappa shape index (κ2) is 48.9. The number of primary amides is 2. The summed E-state index contributed by atoms with van der Waals surface area (Å²) in [5.74, 6) is -27.7. The van der Waals surface area contributed by atoms with Crippen molar-refractivity contribution in [2.45, 2.75) is 236 Å². The zero-order chi connectivity index (χ0) is 86.5. The van der Waals surface area contributed by atoms with Crippen LogP contribution in [0, 0.1) is 11.8 Å². The number of carbonyl (C=O) groups is 20. The fraction of sp³-hybridized carbons (Fsp3) is 0.611. The summed E-state index contributed by atoms with van der Waals surface area (Å²) in [7, 11) is 1.75. The van der Waals surface area contributed by atoms with E-state index in [1.54, 1.807) is 30.5 Å². The number of fused-ring (bicyclic) bond motifs is 1. The molecule has 0 aliphatic carbocycles. The van der Waals surface area contributed by atoms with E-state index in [0.717, 1.165) is 47.3 Å². The minimum atomic E-state index is -2.30. The summed E-state index contributed by atoms with van der Waals surface area (Å²) in [5, 5.41) is 67.2. The molecule has 2 aromatic rings. The molecule has 1 aromatic heterocycles. The number of likely N-dealkylation sites (N-methyl/N-ethyl adjacent to an activating group) is 1. The van der Waals surface area contributed by atoms with Crippen molar-refractivity contribution in [1.82, 2.24) is 73.7 Å². The van der Waals surface area contributed by atoms with E-state index >= 15 is 0 Å². The lowest BCUT2D eigenvalue weighted by atomic mass is 9.98. The predicted octanol–water partition coefficient (Wildman–Crippen LogP) is -5.19. The van der Waals surface area contributed by atoms with Crippen molar-refractivity contribution in [2.24, 2.45) is 29.0 Å². The zero-order valence-electron chi connectivity index (χ0n) is 65.3. The van der Waals surface area contributed by atoms with Crippen molar-refractivity contribution in [3.63, 3.8) is 0 Å². The number of nitrogens with two attached hydrogens (primary N) is 3. The average Bonchev–Trinajstić information content (AvgIpc) is 1.74. The van der Waals surface area contributed by atoms with E-state index in [9.17, 15) is 116 Å². The Morgan fingerprint density at radius 2 is 1.18 bits per heavy atom. The molecule has 43 nitrogen and oxygen atoms in total. The van der Waals surface area contributed by atoms with Crippen LogP contribution in [-0.2, 0) is 112 Å². The minimum absolute atomic E-state index is 0.00204. The molecular formula is C72H109N17O26. The number of nitrogens with one attached hydrogen (secondary N) is 13. The van der Waals surface area contributed by atoms with Crippen LogP contribution in [0.2, 0.25) is 0 Å². The number of amides is 15. The lowest BCUT2D eigenvalue weighted by molar-refractivity contribution is -0.159. The van der Waals surface area contributed by atoms with Crippen LogP contribution in [0.5, 0.6) is 0 Å². The zero-order valence-corrected chi connectivity index (χ0v) is 65.3. The van der Waals surface area contributed by atoms with Gasteiger partial charge in [-0.2, -0.15) is 0 Å². The number of carboxylic acid groups (broad SMARTS) is 4. The number of aliphatic carboxylic acids is 4.